The number of ether oxygens (including phenoxy) is 1. The quantitative estimate of drug-likeness (QED) is 0.686. The molecule has 1 N–H and O–H groups in total. The van der Waals surface area contributed by atoms with Crippen LogP contribution < -0.4 is 0 Å². The van der Waals surface area contributed by atoms with E-state index < -0.39 is 12.1 Å². The van der Waals surface area contributed by atoms with E-state index in [0.717, 1.165) is 12.3 Å². The predicted molar refractivity (Wildman–Crippen MR) is 45.0 cm³/mol. The van der Waals surface area contributed by atoms with Crippen molar-refractivity contribution in [2.75, 3.05) is 6.61 Å². The molecule has 1 aliphatic carbocycles. The van der Waals surface area contributed by atoms with E-state index in [-0.39, 0.29) is 0 Å². The summed E-state index contributed by atoms with van der Waals surface area (Å²) in [5.41, 5.74) is 0. The van der Waals surface area contributed by atoms with E-state index in [1.54, 1.807) is 6.92 Å². The molecule has 0 radical (unpaired) electrons. The zero-order valence-electron chi connectivity index (χ0n) is 7.45. The van der Waals surface area contributed by atoms with Gasteiger partial charge in [-0.3, -0.25) is 0 Å². The Morgan fingerprint density at radius 2 is 2.33 bits per heavy atom. The summed E-state index contributed by atoms with van der Waals surface area (Å²) in [6, 6.07) is 0. The van der Waals surface area contributed by atoms with Crippen LogP contribution in [-0.4, -0.2) is 23.8 Å². The Bertz CT molecular complexity index is 152. The molecule has 0 unspecified atom stereocenters. The van der Waals surface area contributed by atoms with Crippen molar-refractivity contribution in [1.82, 2.24) is 0 Å². The van der Waals surface area contributed by atoms with Gasteiger partial charge in [-0.2, -0.15) is 0 Å². The first kappa shape index (κ1) is 9.52. The monoisotopic (exact) mass is 172 g/mol. The molecule has 1 aliphatic rings. The fourth-order valence-electron chi connectivity index (χ4n) is 1.26. The topological polar surface area (TPSA) is 46.5 Å². The Morgan fingerprint density at radius 3 is 2.75 bits per heavy atom. The summed E-state index contributed by atoms with van der Waals surface area (Å²) in [6.45, 7) is 2.17. The third-order valence-electron chi connectivity index (χ3n) is 2.47. The molecule has 1 fully saturated rings. The molecular formula is C9H16O3. The highest BCUT2D eigenvalue weighted by Gasteiger charge is 2.18. The van der Waals surface area contributed by atoms with Gasteiger partial charge in [0.15, 0.2) is 6.10 Å². The maximum Gasteiger partial charge on any atom is 0.332 e. The number of rotatable bonds is 5. The normalized spacial score (nSPS) is 20.1. The highest BCUT2D eigenvalue weighted by atomic mass is 16.5. The van der Waals surface area contributed by atoms with E-state index in [1.807, 2.05) is 0 Å². The van der Waals surface area contributed by atoms with Gasteiger partial charge in [-0.15, -0.1) is 0 Å². The molecule has 0 heterocycles. The van der Waals surface area contributed by atoms with Gasteiger partial charge >= 0.3 is 5.97 Å². The van der Waals surface area contributed by atoms with Crippen LogP contribution in [-0.2, 0) is 9.53 Å². The van der Waals surface area contributed by atoms with Crippen LogP contribution in [0.25, 0.3) is 0 Å². The minimum Gasteiger partial charge on any atom is -0.479 e. The molecule has 0 aromatic rings. The second kappa shape index (κ2) is 4.45. The van der Waals surface area contributed by atoms with Crippen LogP contribution in [0, 0.1) is 5.92 Å². The van der Waals surface area contributed by atoms with E-state index in [2.05, 4.69) is 0 Å². The van der Waals surface area contributed by atoms with Gasteiger partial charge in [0.1, 0.15) is 0 Å². The number of hydrogen-bond acceptors (Lipinski definition) is 2. The molecular weight excluding hydrogens is 156 g/mol. The average molecular weight is 172 g/mol. The summed E-state index contributed by atoms with van der Waals surface area (Å²) >= 11 is 0. The van der Waals surface area contributed by atoms with Crippen molar-refractivity contribution in [3.05, 3.63) is 0 Å². The molecule has 0 spiro atoms. The molecule has 0 aliphatic heterocycles. The molecule has 0 amide bonds. The van der Waals surface area contributed by atoms with E-state index >= 15 is 0 Å². The molecule has 0 saturated heterocycles. The van der Waals surface area contributed by atoms with E-state index in [1.165, 1.54) is 19.3 Å². The van der Waals surface area contributed by atoms with Crippen molar-refractivity contribution in [2.24, 2.45) is 5.92 Å². The molecule has 1 rings (SSSR count). The Balaban J connectivity index is 1.97. The molecule has 70 valence electrons. The molecule has 0 aromatic heterocycles. The van der Waals surface area contributed by atoms with Gasteiger partial charge in [0.25, 0.3) is 0 Å². The highest BCUT2D eigenvalue weighted by molar-refractivity contribution is 5.71. The van der Waals surface area contributed by atoms with Crippen LogP contribution in [0.2, 0.25) is 0 Å². The largest absolute Gasteiger partial charge is 0.479 e. The van der Waals surface area contributed by atoms with Gasteiger partial charge in [-0.1, -0.05) is 19.3 Å². The van der Waals surface area contributed by atoms with Gasteiger partial charge < -0.3 is 9.84 Å². The maximum atomic E-state index is 10.3. The first-order chi connectivity index (χ1) is 5.70. The average Bonchev–Trinajstić information content (AvgIpc) is 1.93. The zero-order valence-corrected chi connectivity index (χ0v) is 7.45. The van der Waals surface area contributed by atoms with Crippen LogP contribution >= 0.6 is 0 Å². The van der Waals surface area contributed by atoms with Crippen molar-refractivity contribution >= 4 is 5.97 Å². The van der Waals surface area contributed by atoms with Crippen LogP contribution in [0.1, 0.15) is 32.6 Å². The van der Waals surface area contributed by atoms with Gasteiger partial charge in [0.2, 0.25) is 0 Å². The SMILES string of the molecule is C[C@@H](OCCC1CCC1)C(=O)O. The van der Waals surface area contributed by atoms with Crippen molar-refractivity contribution in [3.63, 3.8) is 0 Å². The summed E-state index contributed by atoms with van der Waals surface area (Å²) in [6.07, 6.45) is 4.30. The molecule has 3 nitrogen and oxygen atoms in total. The summed E-state index contributed by atoms with van der Waals surface area (Å²) in [7, 11) is 0. The first-order valence-corrected chi connectivity index (χ1v) is 4.54. The number of aliphatic carboxylic acids is 1. The van der Waals surface area contributed by atoms with Gasteiger partial charge in [0, 0.05) is 6.61 Å². The van der Waals surface area contributed by atoms with E-state index in [0.29, 0.717) is 6.61 Å². The Hall–Kier alpha value is -0.570. The molecule has 0 bridgehead atoms. The first-order valence-electron chi connectivity index (χ1n) is 4.54. The van der Waals surface area contributed by atoms with Gasteiger partial charge in [-0.05, 0) is 19.3 Å². The summed E-state index contributed by atoms with van der Waals surface area (Å²) in [5, 5.41) is 8.49. The lowest BCUT2D eigenvalue weighted by molar-refractivity contribution is -0.149. The Labute approximate surface area is 72.7 Å². The Morgan fingerprint density at radius 1 is 1.67 bits per heavy atom. The van der Waals surface area contributed by atoms with Gasteiger partial charge in [-0.25, -0.2) is 4.79 Å². The minimum atomic E-state index is -0.872. The third-order valence-corrected chi connectivity index (χ3v) is 2.47. The number of hydrogen-bond donors (Lipinski definition) is 1. The molecule has 12 heavy (non-hydrogen) atoms. The number of carboxylic acid groups (broad SMARTS) is 1. The van der Waals surface area contributed by atoms with Crippen LogP contribution in [0.5, 0.6) is 0 Å². The fraction of sp³-hybridized carbons (Fsp3) is 0.889. The lowest BCUT2D eigenvalue weighted by Gasteiger charge is -2.25. The molecule has 1 atom stereocenters. The van der Waals surface area contributed by atoms with Crippen LogP contribution in [0.15, 0.2) is 0 Å². The highest BCUT2D eigenvalue weighted by Crippen LogP contribution is 2.29. The lowest BCUT2D eigenvalue weighted by Crippen LogP contribution is -2.22. The minimum absolute atomic E-state index is 0.595. The standard InChI is InChI=1S/C9H16O3/c1-7(9(10)11)12-6-5-8-3-2-4-8/h7-8H,2-6H2,1H3,(H,10,11)/t7-/m1/s1. The number of carbonyl (C=O) groups is 1. The van der Waals surface area contributed by atoms with Crippen molar-refractivity contribution < 1.29 is 14.6 Å². The summed E-state index contributed by atoms with van der Waals surface area (Å²) < 4.78 is 5.11. The number of carboxylic acids is 1. The van der Waals surface area contributed by atoms with Crippen molar-refractivity contribution in [1.29, 1.82) is 0 Å². The van der Waals surface area contributed by atoms with Crippen LogP contribution in [0.4, 0.5) is 0 Å². The van der Waals surface area contributed by atoms with E-state index in [9.17, 15) is 4.79 Å². The fourth-order valence-corrected chi connectivity index (χ4v) is 1.26. The Kier molecular flexibility index (Phi) is 3.53. The van der Waals surface area contributed by atoms with E-state index in [4.69, 9.17) is 9.84 Å². The second-order valence-corrected chi connectivity index (χ2v) is 3.44. The van der Waals surface area contributed by atoms with Crippen molar-refractivity contribution in [3.8, 4) is 0 Å². The summed E-state index contributed by atoms with van der Waals surface area (Å²) in [4.78, 5) is 10.3. The third kappa shape index (κ3) is 2.81. The smallest absolute Gasteiger partial charge is 0.332 e. The second-order valence-electron chi connectivity index (χ2n) is 3.44. The van der Waals surface area contributed by atoms with Crippen molar-refractivity contribution in [2.45, 2.75) is 38.7 Å². The molecule has 0 aromatic carbocycles. The predicted octanol–water partition coefficient (Wildman–Crippen LogP) is 1.67. The zero-order chi connectivity index (χ0) is 8.97. The maximum absolute atomic E-state index is 10.3. The molecule has 3 heteroatoms. The van der Waals surface area contributed by atoms with Crippen LogP contribution in [0.3, 0.4) is 0 Å². The molecule has 1 saturated carbocycles. The summed E-state index contributed by atoms with van der Waals surface area (Å²) in [5.74, 6) is -0.0744. The lowest BCUT2D eigenvalue weighted by atomic mass is 9.83. The van der Waals surface area contributed by atoms with Gasteiger partial charge in [0.05, 0.1) is 0 Å².